The minimum Gasteiger partial charge on any atom is -0.497 e. The Kier molecular flexibility index (Phi) is 4.38. The van der Waals surface area contributed by atoms with Crippen LogP contribution in [-0.2, 0) is 14.8 Å². The number of nitrogens with two attached hydrogens (primary N) is 1. The van der Waals surface area contributed by atoms with Gasteiger partial charge in [0.1, 0.15) is 16.7 Å². The standard InChI is InChI=1S/C13H19N3O4S/c1-15-13(17)11-4-3-7-16(11)21(18,19)12-6-5-9(20-2)8-10(12)14/h5-6,8,11H,3-4,7,14H2,1-2H3,(H,15,17). The van der Waals surface area contributed by atoms with Gasteiger partial charge in [0, 0.05) is 19.7 Å². The first-order valence-corrected chi connectivity index (χ1v) is 8.02. The van der Waals surface area contributed by atoms with Gasteiger partial charge < -0.3 is 15.8 Å². The number of rotatable bonds is 4. The van der Waals surface area contributed by atoms with Crippen LogP contribution in [-0.4, -0.2) is 45.4 Å². The number of carbonyl (C=O) groups is 1. The average Bonchev–Trinajstić information content (AvgIpc) is 2.96. The number of methoxy groups -OCH3 is 1. The quantitative estimate of drug-likeness (QED) is 0.772. The Bertz CT molecular complexity index is 645. The maximum atomic E-state index is 12.7. The van der Waals surface area contributed by atoms with Gasteiger partial charge in [-0.1, -0.05) is 0 Å². The van der Waals surface area contributed by atoms with Crippen molar-refractivity contribution in [1.29, 1.82) is 0 Å². The largest absolute Gasteiger partial charge is 0.497 e. The molecular weight excluding hydrogens is 294 g/mol. The first-order valence-electron chi connectivity index (χ1n) is 6.58. The van der Waals surface area contributed by atoms with Gasteiger partial charge in [0.25, 0.3) is 0 Å². The number of nitrogen functional groups attached to an aromatic ring is 1. The molecular formula is C13H19N3O4S. The lowest BCUT2D eigenvalue weighted by Crippen LogP contribution is -2.44. The summed E-state index contributed by atoms with van der Waals surface area (Å²) in [6, 6.07) is 3.72. The third-order valence-corrected chi connectivity index (χ3v) is 5.54. The van der Waals surface area contributed by atoms with E-state index in [-0.39, 0.29) is 16.5 Å². The van der Waals surface area contributed by atoms with E-state index in [1.165, 1.54) is 36.7 Å². The Morgan fingerprint density at radius 3 is 2.76 bits per heavy atom. The molecule has 3 N–H and O–H groups in total. The molecule has 1 aliphatic heterocycles. The molecule has 1 unspecified atom stereocenters. The van der Waals surface area contributed by atoms with E-state index in [0.717, 1.165) is 0 Å². The van der Waals surface area contributed by atoms with Crippen LogP contribution in [0.5, 0.6) is 5.75 Å². The summed E-state index contributed by atoms with van der Waals surface area (Å²) in [6.07, 6.45) is 1.16. The molecule has 21 heavy (non-hydrogen) atoms. The van der Waals surface area contributed by atoms with Gasteiger partial charge in [-0.3, -0.25) is 4.79 Å². The maximum absolute atomic E-state index is 12.7. The molecule has 0 spiro atoms. The summed E-state index contributed by atoms with van der Waals surface area (Å²) in [5, 5.41) is 2.50. The summed E-state index contributed by atoms with van der Waals surface area (Å²) < 4.78 is 31.6. The fraction of sp³-hybridized carbons (Fsp3) is 0.462. The number of ether oxygens (including phenoxy) is 1. The van der Waals surface area contributed by atoms with Gasteiger partial charge in [-0.15, -0.1) is 0 Å². The minimum absolute atomic E-state index is 0.000830. The van der Waals surface area contributed by atoms with Crippen molar-refractivity contribution in [3.8, 4) is 5.75 Å². The summed E-state index contributed by atoms with van der Waals surface area (Å²) in [5.41, 5.74) is 5.93. The van der Waals surface area contributed by atoms with Crippen LogP contribution in [0.3, 0.4) is 0 Å². The molecule has 1 heterocycles. The molecule has 0 bridgehead atoms. The first-order chi connectivity index (χ1) is 9.91. The predicted molar refractivity (Wildman–Crippen MR) is 78.4 cm³/mol. The summed E-state index contributed by atoms with van der Waals surface area (Å²) in [7, 11) is -0.836. The number of amides is 1. The number of hydrogen-bond donors (Lipinski definition) is 2. The van der Waals surface area contributed by atoms with Crippen LogP contribution in [0.1, 0.15) is 12.8 Å². The lowest BCUT2D eigenvalue weighted by molar-refractivity contribution is -0.123. The molecule has 1 fully saturated rings. The molecule has 1 saturated heterocycles. The molecule has 1 aromatic carbocycles. The monoisotopic (exact) mass is 313 g/mol. The second-order valence-electron chi connectivity index (χ2n) is 4.79. The summed E-state index contributed by atoms with van der Waals surface area (Å²) in [5.74, 6) is 0.180. The SMILES string of the molecule is CNC(=O)C1CCCN1S(=O)(=O)c1ccc(OC)cc1N. The topological polar surface area (TPSA) is 102 Å². The zero-order valence-electron chi connectivity index (χ0n) is 12.0. The van der Waals surface area contributed by atoms with Crippen LogP contribution >= 0.6 is 0 Å². The molecule has 1 amide bonds. The molecule has 0 saturated carbocycles. The minimum atomic E-state index is -3.81. The number of likely N-dealkylation sites (N-methyl/N-ethyl adjacent to an activating group) is 1. The highest BCUT2D eigenvalue weighted by molar-refractivity contribution is 7.89. The van der Waals surface area contributed by atoms with E-state index in [1.54, 1.807) is 0 Å². The molecule has 1 aliphatic rings. The van der Waals surface area contributed by atoms with E-state index < -0.39 is 16.1 Å². The van der Waals surface area contributed by atoms with E-state index in [4.69, 9.17) is 10.5 Å². The van der Waals surface area contributed by atoms with Crippen molar-refractivity contribution in [2.75, 3.05) is 26.4 Å². The Morgan fingerprint density at radius 2 is 2.19 bits per heavy atom. The first kappa shape index (κ1) is 15.6. The lowest BCUT2D eigenvalue weighted by atomic mass is 10.2. The van der Waals surface area contributed by atoms with Gasteiger partial charge in [0.05, 0.1) is 12.8 Å². The molecule has 7 nitrogen and oxygen atoms in total. The Labute approximate surface area is 124 Å². The van der Waals surface area contributed by atoms with Crippen LogP contribution in [0.4, 0.5) is 5.69 Å². The highest BCUT2D eigenvalue weighted by atomic mass is 32.2. The fourth-order valence-electron chi connectivity index (χ4n) is 2.47. The van der Waals surface area contributed by atoms with Crippen molar-refractivity contribution in [3.63, 3.8) is 0 Å². The normalized spacial score (nSPS) is 19.4. The van der Waals surface area contributed by atoms with Crippen LogP contribution in [0, 0.1) is 0 Å². The van der Waals surface area contributed by atoms with E-state index >= 15 is 0 Å². The summed E-state index contributed by atoms with van der Waals surface area (Å²) >= 11 is 0. The van der Waals surface area contributed by atoms with Crippen molar-refractivity contribution in [2.24, 2.45) is 0 Å². The maximum Gasteiger partial charge on any atom is 0.245 e. The number of hydrogen-bond acceptors (Lipinski definition) is 5. The number of benzene rings is 1. The number of sulfonamides is 1. The van der Waals surface area contributed by atoms with Crippen LogP contribution in [0.2, 0.25) is 0 Å². The van der Waals surface area contributed by atoms with Crippen LogP contribution < -0.4 is 15.8 Å². The zero-order chi connectivity index (χ0) is 15.6. The number of carbonyl (C=O) groups excluding carboxylic acids is 1. The highest BCUT2D eigenvalue weighted by Crippen LogP contribution is 2.31. The third kappa shape index (κ3) is 2.81. The second kappa shape index (κ2) is 5.90. The zero-order valence-corrected chi connectivity index (χ0v) is 12.8. The van der Waals surface area contributed by atoms with Crippen molar-refractivity contribution in [1.82, 2.24) is 9.62 Å². The molecule has 0 radical (unpaired) electrons. The van der Waals surface area contributed by atoms with Gasteiger partial charge in [-0.05, 0) is 25.0 Å². The van der Waals surface area contributed by atoms with E-state index in [1.807, 2.05) is 0 Å². The predicted octanol–water partition coefficient (Wildman–Crippen LogP) is 0.177. The highest BCUT2D eigenvalue weighted by Gasteiger charge is 2.39. The van der Waals surface area contributed by atoms with Crippen LogP contribution in [0.25, 0.3) is 0 Å². The molecule has 1 atom stereocenters. The molecule has 0 aromatic heterocycles. The molecule has 1 aromatic rings. The smallest absolute Gasteiger partial charge is 0.245 e. The Morgan fingerprint density at radius 1 is 1.48 bits per heavy atom. The van der Waals surface area contributed by atoms with Gasteiger partial charge in [-0.2, -0.15) is 4.31 Å². The van der Waals surface area contributed by atoms with Crippen LogP contribution in [0.15, 0.2) is 23.1 Å². The molecule has 2 rings (SSSR count). The molecule has 116 valence electrons. The molecule has 8 heteroatoms. The average molecular weight is 313 g/mol. The third-order valence-electron chi connectivity index (χ3n) is 3.56. The van der Waals surface area contributed by atoms with Crippen molar-refractivity contribution in [3.05, 3.63) is 18.2 Å². The fourth-order valence-corrected chi connectivity index (χ4v) is 4.23. The van der Waals surface area contributed by atoms with E-state index in [9.17, 15) is 13.2 Å². The Balaban J connectivity index is 2.40. The number of nitrogens with zero attached hydrogens (tertiary/aromatic N) is 1. The second-order valence-corrected chi connectivity index (χ2v) is 6.65. The molecule has 0 aliphatic carbocycles. The van der Waals surface area contributed by atoms with Gasteiger partial charge >= 0.3 is 0 Å². The van der Waals surface area contributed by atoms with Gasteiger partial charge in [0.15, 0.2) is 0 Å². The van der Waals surface area contributed by atoms with Crippen molar-refractivity contribution >= 4 is 21.6 Å². The van der Waals surface area contributed by atoms with Crippen molar-refractivity contribution in [2.45, 2.75) is 23.8 Å². The summed E-state index contributed by atoms with van der Waals surface area (Å²) in [4.78, 5) is 11.8. The van der Waals surface area contributed by atoms with E-state index in [0.29, 0.717) is 25.1 Å². The van der Waals surface area contributed by atoms with E-state index in [2.05, 4.69) is 5.32 Å². The number of anilines is 1. The van der Waals surface area contributed by atoms with Gasteiger partial charge in [0.2, 0.25) is 15.9 Å². The van der Waals surface area contributed by atoms with Gasteiger partial charge in [-0.25, -0.2) is 8.42 Å². The van der Waals surface area contributed by atoms with Crippen molar-refractivity contribution < 1.29 is 17.9 Å². The Hall–Kier alpha value is -1.80. The number of nitrogens with one attached hydrogen (secondary N) is 1. The summed E-state index contributed by atoms with van der Waals surface area (Å²) in [6.45, 7) is 0.311. The lowest BCUT2D eigenvalue weighted by Gasteiger charge is -2.23.